The highest BCUT2D eigenvalue weighted by molar-refractivity contribution is 5.75. The first kappa shape index (κ1) is 111. The van der Waals surface area contributed by atoms with Gasteiger partial charge in [0.05, 0.1) is 0 Å². The Morgan fingerprint density at radius 1 is 0.158 bits per heavy atom. The molecule has 0 aromatic heterocycles. The highest BCUT2D eigenvalue weighted by Crippen LogP contribution is 2.44. The van der Waals surface area contributed by atoms with E-state index in [1.807, 2.05) is 0 Å². The number of ether oxygens (including phenoxy) is 12. The van der Waals surface area contributed by atoms with Crippen molar-refractivity contribution in [1.82, 2.24) is 73.8 Å². The standard InChI is InChI=1S/C66H60O36.12H3N/c67-55(68)19-91-43-9-33-2-35-11-49(97-25-61(79)80)37(13-47(35)95-23-59(75)76)4-39-15-53(101-29-65(87)88)41(17-51(39)99-27-63(83)84)6-42-18-52(100-28-64(85)86)40(16-54(42)102-30-66(89)90)5-38-14-48(96-24-60(77)78)36(12-50(38)98-26-62(81)82)3-34-10-44(92-20-56(69)70)32(8-46(34)94-22-58(73)74)1-31(43)7-45(33)93-21-57(71)72;;;;;;;;;;;;/h7-18H,1-6,19-30H2,(H,67,68)(H,69,70)(H,71,72)(H,73,74)(H,75,76)(H,77,78)(H,79,80)(H,81,82)(H,83,84)(H,85,86)(H,87,88)(H,89,90);12*1H3. The van der Waals surface area contributed by atoms with E-state index in [4.69, 9.17) is 56.8 Å². The predicted molar refractivity (Wildman–Crippen MR) is 393 cm³/mol. The van der Waals surface area contributed by atoms with E-state index >= 15 is 0 Å². The molecule has 16 aliphatic carbocycles. The lowest BCUT2D eigenvalue weighted by atomic mass is 9.92. The smallest absolute Gasteiger partial charge is 0.341 e. The van der Waals surface area contributed by atoms with Crippen LogP contribution in [0, 0.1) is 0 Å². The third-order valence-electron chi connectivity index (χ3n) is 14.0. The minimum absolute atomic E-state index is 0. The minimum Gasteiger partial charge on any atom is -0.482 e. The van der Waals surface area contributed by atoms with Gasteiger partial charge in [0.2, 0.25) is 0 Å². The fraction of sp³-hybridized carbons (Fsp3) is 0.273. The second-order valence-corrected chi connectivity index (χ2v) is 21.7. The summed E-state index contributed by atoms with van der Waals surface area (Å²) in [5.74, 6) is -22.7. The Labute approximate surface area is 645 Å². The Bertz CT molecular complexity index is 3360. The van der Waals surface area contributed by atoms with Crippen molar-refractivity contribution in [2.45, 2.75) is 38.5 Å². The molecule has 0 aliphatic heterocycles. The Balaban J connectivity index is -0.00000243. The van der Waals surface area contributed by atoms with E-state index in [2.05, 4.69) is 0 Å². The molecule has 114 heavy (non-hydrogen) atoms. The Morgan fingerprint density at radius 3 is 0.272 bits per heavy atom. The molecule has 636 valence electrons. The van der Waals surface area contributed by atoms with Crippen molar-refractivity contribution in [3.63, 3.8) is 0 Å². The molecular weight excluding hydrogens is 1540 g/mol. The predicted octanol–water partition coefficient (Wildman–Crippen LogP) is 5.05. The molecular formula is C66H96N12O36. The summed E-state index contributed by atoms with van der Waals surface area (Å²) < 4.78 is 69.5. The number of carbonyl (C=O) groups is 12. The first-order valence-corrected chi connectivity index (χ1v) is 29.5. The zero-order valence-electron chi connectivity index (χ0n) is 61.3. The van der Waals surface area contributed by atoms with Gasteiger partial charge in [0.25, 0.3) is 0 Å². The molecule has 48 nitrogen and oxygen atoms in total. The average molecular weight is 1630 g/mol. The van der Waals surface area contributed by atoms with Gasteiger partial charge in [0.1, 0.15) is 69.0 Å². The Morgan fingerprint density at radius 2 is 0.219 bits per heavy atom. The van der Waals surface area contributed by atoms with Crippen LogP contribution < -0.4 is 131 Å². The van der Waals surface area contributed by atoms with Gasteiger partial charge in [-0.1, -0.05) is 0 Å². The molecule has 0 fully saturated rings. The first-order valence-electron chi connectivity index (χ1n) is 29.5. The largest absolute Gasteiger partial charge is 0.482 e. The van der Waals surface area contributed by atoms with Crippen LogP contribution in [-0.4, -0.2) is 212 Å². The molecule has 12 bridgehead atoms. The third kappa shape index (κ3) is 33.5. The van der Waals surface area contributed by atoms with Crippen LogP contribution in [0.2, 0.25) is 0 Å². The minimum atomic E-state index is -1.55. The van der Waals surface area contributed by atoms with Crippen LogP contribution in [0.25, 0.3) is 0 Å². The molecule has 6 aromatic rings. The van der Waals surface area contributed by atoms with Crippen molar-refractivity contribution in [2.24, 2.45) is 0 Å². The van der Waals surface area contributed by atoms with Gasteiger partial charge in [-0.2, -0.15) is 0 Å². The summed E-state index contributed by atoms with van der Waals surface area (Å²) in [4.78, 5) is 147. The van der Waals surface area contributed by atoms with Crippen molar-refractivity contribution < 1.29 is 176 Å². The summed E-state index contributed by atoms with van der Waals surface area (Å²) in [6, 6.07) is 13.9. The molecule has 0 heterocycles. The van der Waals surface area contributed by atoms with Crippen LogP contribution in [0.4, 0.5) is 0 Å². The molecule has 0 amide bonds. The molecule has 0 saturated heterocycles. The topological polar surface area (TPSA) is 978 Å². The number of benzene rings is 6. The van der Waals surface area contributed by atoms with E-state index in [0.717, 1.165) is 72.8 Å². The summed E-state index contributed by atoms with van der Waals surface area (Å²) in [6.07, 6.45) is -3.38. The van der Waals surface area contributed by atoms with Gasteiger partial charge in [0.15, 0.2) is 79.3 Å². The summed E-state index contributed by atoms with van der Waals surface area (Å²) in [5, 5.41) is 119. The molecule has 0 spiro atoms. The third-order valence-corrected chi connectivity index (χ3v) is 14.0. The van der Waals surface area contributed by atoms with E-state index in [0.29, 0.717) is 0 Å². The van der Waals surface area contributed by atoms with E-state index < -0.39 is 189 Å². The van der Waals surface area contributed by atoms with Crippen molar-refractivity contribution in [2.75, 3.05) is 79.3 Å². The number of aliphatic carboxylic acids is 12. The van der Waals surface area contributed by atoms with Gasteiger partial charge < -0.3 is 192 Å². The highest BCUT2D eigenvalue weighted by Gasteiger charge is 2.28. The van der Waals surface area contributed by atoms with Crippen LogP contribution in [0.15, 0.2) is 72.8 Å². The molecule has 0 radical (unpaired) electrons. The molecule has 6 aromatic carbocycles. The van der Waals surface area contributed by atoms with Crippen molar-refractivity contribution in [1.29, 1.82) is 0 Å². The molecule has 22 rings (SSSR count). The van der Waals surface area contributed by atoms with Crippen molar-refractivity contribution >= 4 is 71.6 Å². The normalized spacial score (nSPS) is 10.3. The maximum Gasteiger partial charge on any atom is 0.341 e. The van der Waals surface area contributed by atoms with Crippen LogP contribution >= 0.6 is 0 Å². The second-order valence-electron chi connectivity index (χ2n) is 21.7. The number of hydrogen-bond acceptors (Lipinski definition) is 36. The Hall–Kier alpha value is -13.9. The van der Waals surface area contributed by atoms with E-state index in [1.165, 1.54) is 0 Å². The number of hydrogen-bond donors (Lipinski definition) is 24. The summed E-state index contributed by atoms with van der Waals surface area (Å²) in [6.45, 7) is -13.1. The van der Waals surface area contributed by atoms with Gasteiger partial charge in [0, 0.05) is 105 Å². The van der Waals surface area contributed by atoms with Gasteiger partial charge in [-0.15, -0.1) is 0 Å². The first-order chi connectivity index (χ1) is 48.4. The molecule has 48 N–H and O–H groups in total. The molecule has 0 unspecified atom stereocenters. The van der Waals surface area contributed by atoms with Crippen molar-refractivity contribution in [3.05, 3.63) is 140 Å². The van der Waals surface area contributed by atoms with Gasteiger partial charge in [-0.3, -0.25) is 0 Å². The van der Waals surface area contributed by atoms with Crippen LogP contribution in [0.5, 0.6) is 69.0 Å². The van der Waals surface area contributed by atoms with Gasteiger partial charge in [-0.05, 0) is 72.8 Å². The highest BCUT2D eigenvalue weighted by atomic mass is 16.6. The summed E-state index contributed by atoms with van der Waals surface area (Å²) in [5.41, 5.74) is -1.27. The number of carboxylic acids is 12. The van der Waals surface area contributed by atoms with E-state index in [9.17, 15) is 119 Å². The Kier molecular flexibility index (Phi) is 50.1. The number of carboxylic acid groups (broad SMARTS) is 12. The second kappa shape index (κ2) is 51.5. The monoisotopic (exact) mass is 1630 g/mol. The number of rotatable bonds is 36. The quantitative estimate of drug-likeness (QED) is 0.0244. The van der Waals surface area contributed by atoms with E-state index in [-0.39, 0.29) is 210 Å². The maximum atomic E-state index is 12.2. The lowest BCUT2D eigenvalue weighted by molar-refractivity contribution is -0.140. The zero-order valence-corrected chi connectivity index (χ0v) is 61.3. The SMILES string of the molecule is N.N.N.N.N.N.N.N.N.N.N.N.O=C(O)COc1cc2c(OCC(=O)O)cc1Cc1cc(OCC(=O)O)c(cc1OCC(=O)O)Cc1cc(OCC(=O)O)c(cc1OCC(=O)O)Cc1cc(OCC(=O)O)c(cc1OCC(=O)O)Cc1cc(OCC(=O)O)c(cc1OCC(=O)O)Cc1cc(OCC(=O)O)c(cc1OCC(=O)O)C2. The average Bonchev–Trinajstić information content (AvgIpc) is 0.786. The van der Waals surface area contributed by atoms with Gasteiger partial charge in [-0.25, -0.2) is 57.5 Å². The lowest BCUT2D eigenvalue weighted by Gasteiger charge is -2.22. The lowest BCUT2D eigenvalue weighted by Crippen LogP contribution is -2.16. The fourth-order valence-corrected chi connectivity index (χ4v) is 10.0. The van der Waals surface area contributed by atoms with Crippen LogP contribution in [-0.2, 0) is 96.1 Å². The molecule has 0 saturated carbocycles. The summed E-state index contributed by atoms with van der Waals surface area (Å²) in [7, 11) is 0. The molecule has 48 heteroatoms. The van der Waals surface area contributed by atoms with Gasteiger partial charge >= 0.3 is 71.6 Å². The van der Waals surface area contributed by atoms with Crippen LogP contribution in [0.3, 0.4) is 0 Å². The fourth-order valence-electron chi connectivity index (χ4n) is 10.0. The van der Waals surface area contributed by atoms with Crippen molar-refractivity contribution in [3.8, 4) is 69.0 Å². The maximum absolute atomic E-state index is 12.2. The molecule has 16 aliphatic rings. The molecule has 0 atom stereocenters. The van der Waals surface area contributed by atoms with E-state index in [1.54, 1.807) is 0 Å². The van der Waals surface area contributed by atoms with Crippen LogP contribution in [0.1, 0.15) is 66.8 Å². The zero-order chi connectivity index (χ0) is 74.5. The summed E-state index contributed by atoms with van der Waals surface area (Å²) >= 11 is 0.